The normalized spacial score (nSPS) is 12.8. The van der Waals surface area contributed by atoms with Gasteiger partial charge >= 0.3 is 0 Å². The Morgan fingerprint density at radius 2 is 1.55 bits per heavy atom. The molecule has 0 unspecified atom stereocenters. The third-order valence-corrected chi connectivity index (χ3v) is 8.81. The predicted octanol–water partition coefficient (Wildman–Crippen LogP) is 4.84. The van der Waals surface area contributed by atoms with Crippen molar-refractivity contribution in [1.29, 1.82) is 0 Å². The maximum Gasteiger partial charge on any atom is 0.264 e. The molecule has 3 rings (SSSR count). The summed E-state index contributed by atoms with van der Waals surface area (Å²) >= 11 is 0. The van der Waals surface area contributed by atoms with Crippen LogP contribution < -0.4 is 14.4 Å². The molecule has 0 bridgehead atoms. The van der Waals surface area contributed by atoms with Crippen molar-refractivity contribution in [2.75, 3.05) is 18.0 Å². The van der Waals surface area contributed by atoms with E-state index in [1.165, 1.54) is 24.1 Å². The highest BCUT2D eigenvalue weighted by atomic mass is 32.2. The quantitative estimate of drug-likeness (QED) is 0.339. The highest BCUT2D eigenvalue weighted by molar-refractivity contribution is 7.92. The average molecular weight is 566 g/mol. The van der Waals surface area contributed by atoms with Gasteiger partial charge in [0.15, 0.2) is 0 Å². The summed E-state index contributed by atoms with van der Waals surface area (Å²) in [5, 5.41) is 2.95. The number of rotatable bonds is 12. The lowest BCUT2D eigenvalue weighted by Crippen LogP contribution is -2.52. The van der Waals surface area contributed by atoms with Gasteiger partial charge in [-0.2, -0.15) is 0 Å². The minimum absolute atomic E-state index is 0.0229. The number of hydrogen-bond acceptors (Lipinski definition) is 5. The summed E-state index contributed by atoms with van der Waals surface area (Å²) in [6, 6.07) is 19.7. The number of ether oxygens (including phenoxy) is 1. The van der Waals surface area contributed by atoms with E-state index in [1.807, 2.05) is 52.0 Å². The van der Waals surface area contributed by atoms with Crippen LogP contribution in [0.1, 0.15) is 43.9 Å². The fraction of sp³-hybridized carbons (Fsp3) is 0.355. The first-order chi connectivity index (χ1) is 19.0. The van der Waals surface area contributed by atoms with E-state index in [9.17, 15) is 18.0 Å². The van der Waals surface area contributed by atoms with Gasteiger partial charge in [0.05, 0.1) is 17.7 Å². The van der Waals surface area contributed by atoms with Crippen molar-refractivity contribution in [2.45, 2.75) is 64.6 Å². The van der Waals surface area contributed by atoms with Crippen LogP contribution in [0, 0.1) is 13.8 Å². The molecule has 0 fully saturated rings. The number of anilines is 1. The van der Waals surface area contributed by atoms with E-state index in [2.05, 4.69) is 5.32 Å². The molecule has 0 heterocycles. The van der Waals surface area contributed by atoms with Crippen molar-refractivity contribution in [3.63, 3.8) is 0 Å². The van der Waals surface area contributed by atoms with Gasteiger partial charge in [-0.25, -0.2) is 8.42 Å². The average Bonchev–Trinajstić information content (AvgIpc) is 2.95. The number of sulfonamides is 1. The molecule has 0 aliphatic rings. The van der Waals surface area contributed by atoms with E-state index in [4.69, 9.17) is 4.74 Å². The first-order valence-corrected chi connectivity index (χ1v) is 14.8. The number of benzene rings is 3. The Morgan fingerprint density at radius 1 is 0.925 bits per heavy atom. The predicted molar refractivity (Wildman–Crippen MR) is 158 cm³/mol. The van der Waals surface area contributed by atoms with Gasteiger partial charge in [-0.15, -0.1) is 0 Å². The molecule has 0 saturated heterocycles. The molecule has 0 spiro atoms. The zero-order valence-corrected chi connectivity index (χ0v) is 24.9. The molecule has 9 heteroatoms. The van der Waals surface area contributed by atoms with Crippen LogP contribution >= 0.6 is 0 Å². The van der Waals surface area contributed by atoms with Gasteiger partial charge in [0, 0.05) is 12.6 Å². The molecule has 2 atom stereocenters. The third-order valence-electron chi connectivity index (χ3n) is 7.02. The molecule has 3 aromatic carbocycles. The molecule has 3 aromatic rings. The number of carbonyl (C=O) groups is 2. The molecule has 0 saturated carbocycles. The Morgan fingerprint density at radius 3 is 2.12 bits per heavy atom. The van der Waals surface area contributed by atoms with Crippen LogP contribution in [0.15, 0.2) is 77.7 Å². The summed E-state index contributed by atoms with van der Waals surface area (Å²) in [5.74, 6) is -0.272. The topological polar surface area (TPSA) is 96.0 Å². The molecule has 214 valence electrons. The zero-order chi connectivity index (χ0) is 29.4. The summed E-state index contributed by atoms with van der Waals surface area (Å²) in [7, 11) is -2.64. The molecule has 1 N–H and O–H groups in total. The fourth-order valence-electron chi connectivity index (χ4n) is 4.13. The Balaban J connectivity index is 2.03. The van der Waals surface area contributed by atoms with Crippen molar-refractivity contribution in [2.24, 2.45) is 0 Å². The maximum absolute atomic E-state index is 14.0. The van der Waals surface area contributed by atoms with Crippen molar-refractivity contribution in [3.8, 4) is 5.75 Å². The minimum Gasteiger partial charge on any atom is -0.497 e. The largest absolute Gasteiger partial charge is 0.497 e. The fourth-order valence-corrected chi connectivity index (χ4v) is 5.55. The van der Waals surface area contributed by atoms with Gasteiger partial charge in [0.25, 0.3) is 10.0 Å². The van der Waals surface area contributed by atoms with Crippen LogP contribution in [-0.2, 0) is 26.2 Å². The van der Waals surface area contributed by atoms with Crippen molar-refractivity contribution in [3.05, 3.63) is 89.5 Å². The molecule has 0 aliphatic carbocycles. The van der Waals surface area contributed by atoms with E-state index in [0.29, 0.717) is 11.4 Å². The monoisotopic (exact) mass is 565 g/mol. The van der Waals surface area contributed by atoms with Crippen LogP contribution in [0.25, 0.3) is 0 Å². The minimum atomic E-state index is -4.14. The van der Waals surface area contributed by atoms with E-state index in [0.717, 1.165) is 27.4 Å². The molecule has 0 radical (unpaired) electrons. The van der Waals surface area contributed by atoms with Gasteiger partial charge in [-0.1, -0.05) is 48.9 Å². The van der Waals surface area contributed by atoms with Gasteiger partial charge in [0.1, 0.15) is 18.3 Å². The molecule has 0 aromatic heterocycles. The number of nitrogens with one attached hydrogen (secondary N) is 1. The number of carbonyl (C=O) groups excluding carboxylic acids is 2. The maximum atomic E-state index is 14.0. The number of aryl methyl sites for hydroxylation is 2. The summed E-state index contributed by atoms with van der Waals surface area (Å²) < 4.78 is 34.1. The number of hydrogen-bond donors (Lipinski definition) is 1. The molecule has 0 aliphatic heterocycles. The highest BCUT2D eigenvalue weighted by Crippen LogP contribution is 2.26. The number of amides is 2. The van der Waals surface area contributed by atoms with Crippen LogP contribution in [-0.4, -0.2) is 50.9 Å². The lowest BCUT2D eigenvalue weighted by molar-refractivity contribution is -0.139. The van der Waals surface area contributed by atoms with Crippen molar-refractivity contribution in [1.82, 2.24) is 10.2 Å². The second-order valence-electron chi connectivity index (χ2n) is 9.96. The second-order valence-corrected chi connectivity index (χ2v) is 11.8. The molecule has 40 heavy (non-hydrogen) atoms. The standard InChI is InChI=1S/C31H39N3O5S/c1-7-24(4)32-31(36)25(5)33(20-26-11-9-8-10-23(26)3)30(35)21-34(27-14-12-22(2)13-15-27)40(37,38)29-18-16-28(39-6)17-19-29/h8-19,24-25H,7,20-21H2,1-6H3,(H,32,36)/t24-,25+/m0/s1. The Labute approximate surface area is 238 Å². The van der Waals surface area contributed by atoms with E-state index >= 15 is 0 Å². The summed E-state index contributed by atoms with van der Waals surface area (Å²) in [4.78, 5) is 28.6. The zero-order valence-electron chi connectivity index (χ0n) is 24.0. The lowest BCUT2D eigenvalue weighted by atomic mass is 10.1. The Hall–Kier alpha value is -3.85. The summed E-state index contributed by atoms with van der Waals surface area (Å²) in [6.07, 6.45) is 0.742. The van der Waals surface area contributed by atoms with Gasteiger partial charge in [-0.3, -0.25) is 13.9 Å². The molecular weight excluding hydrogens is 526 g/mol. The van der Waals surface area contributed by atoms with E-state index in [-0.39, 0.29) is 23.4 Å². The van der Waals surface area contributed by atoms with E-state index < -0.39 is 28.5 Å². The van der Waals surface area contributed by atoms with Gasteiger partial charge in [-0.05, 0) is 81.6 Å². The Bertz CT molecular complexity index is 1410. The molecule has 2 amide bonds. The Kier molecular flexibility index (Phi) is 10.3. The molecular formula is C31H39N3O5S. The third kappa shape index (κ3) is 7.41. The summed E-state index contributed by atoms with van der Waals surface area (Å²) in [5.41, 5.74) is 3.14. The summed E-state index contributed by atoms with van der Waals surface area (Å²) in [6.45, 7) is 9.05. The lowest BCUT2D eigenvalue weighted by Gasteiger charge is -2.32. The first kappa shape index (κ1) is 30.7. The smallest absolute Gasteiger partial charge is 0.264 e. The van der Waals surface area contributed by atoms with Crippen LogP contribution in [0.3, 0.4) is 0 Å². The van der Waals surface area contributed by atoms with Crippen molar-refractivity contribution >= 4 is 27.5 Å². The second kappa shape index (κ2) is 13.5. The van der Waals surface area contributed by atoms with Crippen LogP contribution in [0.2, 0.25) is 0 Å². The highest BCUT2D eigenvalue weighted by Gasteiger charge is 2.33. The van der Waals surface area contributed by atoms with Crippen molar-refractivity contribution < 1.29 is 22.7 Å². The van der Waals surface area contributed by atoms with Gasteiger partial charge < -0.3 is 15.0 Å². The van der Waals surface area contributed by atoms with Crippen LogP contribution in [0.5, 0.6) is 5.75 Å². The van der Waals surface area contributed by atoms with Gasteiger partial charge in [0.2, 0.25) is 11.8 Å². The van der Waals surface area contributed by atoms with Crippen LogP contribution in [0.4, 0.5) is 5.69 Å². The number of methoxy groups -OCH3 is 1. The van der Waals surface area contributed by atoms with E-state index in [1.54, 1.807) is 43.3 Å². The molecule has 8 nitrogen and oxygen atoms in total. The SMILES string of the molecule is CC[C@H](C)NC(=O)[C@@H](C)N(Cc1ccccc1C)C(=O)CN(c1ccc(C)cc1)S(=O)(=O)c1ccc(OC)cc1. The number of nitrogens with zero attached hydrogens (tertiary/aromatic N) is 2. The first-order valence-electron chi connectivity index (χ1n) is 13.4.